The highest BCUT2D eigenvalue weighted by Gasteiger charge is 2.06. The lowest BCUT2D eigenvalue weighted by Crippen LogP contribution is -2.12. The summed E-state index contributed by atoms with van der Waals surface area (Å²) in [5.41, 5.74) is 1.89. The molecule has 2 rings (SSSR count). The molecule has 6 nitrogen and oxygen atoms in total. The standard InChI is InChI=1S/C14H14N2O4S/c15-21(19,20)13-7-5-12(6-8-13)16-9-10-1-3-11(4-2-10)14(17)18/h1-8,16H,9H2,(H,17,18)(H2,15,19,20). The van der Waals surface area contributed by atoms with Crippen LogP contribution in [0.1, 0.15) is 15.9 Å². The Balaban J connectivity index is 2.01. The number of benzene rings is 2. The van der Waals surface area contributed by atoms with E-state index in [1.54, 1.807) is 24.3 Å². The highest BCUT2D eigenvalue weighted by molar-refractivity contribution is 7.89. The Hall–Kier alpha value is -2.38. The molecule has 7 heteroatoms. The van der Waals surface area contributed by atoms with Crippen molar-refractivity contribution in [1.82, 2.24) is 0 Å². The highest BCUT2D eigenvalue weighted by atomic mass is 32.2. The monoisotopic (exact) mass is 306 g/mol. The van der Waals surface area contributed by atoms with Crippen LogP contribution in [0.15, 0.2) is 53.4 Å². The molecule has 0 heterocycles. The summed E-state index contributed by atoms with van der Waals surface area (Å²) >= 11 is 0. The number of carbonyl (C=O) groups is 1. The Morgan fingerprint density at radius 2 is 1.62 bits per heavy atom. The van der Waals surface area contributed by atoms with Crippen LogP contribution in [-0.4, -0.2) is 19.5 Å². The second kappa shape index (κ2) is 5.94. The predicted molar refractivity (Wildman–Crippen MR) is 78.5 cm³/mol. The van der Waals surface area contributed by atoms with Crippen LogP contribution in [0.25, 0.3) is 0 Å². The number of nitrogens with two attached hydrogens (primary N) is 1. The van der Waals surface area contributed by atoms with Crippen LogP contribution in [0.3, 0.4) is 0 Å². The van der Waals surface area contributed by atoms with Gasteiger partial charge in [-0.25, -0.2) is 18.4 Å². The maximum atomic E-state index is 11.1. The number of hydrogen-bond donors (Lipinski definition) is 3. The van der Waals surface area contributed by atoms with Gasteiger partial charge < -0.3 is 10.4 Å². The molecule has 0 aliphatic carbocycles. The molecule has 0 aromatic heterocycles. The van der Waals surface area contributed by atoms with Crippen LogP contribution in [0, 0.1) is 0 Å². The molecule has 110 valence electrons. The summed E-state index contributed by atoms with van der Waals surface area (Å²) in [5, 5.41) is 16.9. The largest absolute Gasteiger partial charge is 0.478 e. The molecule has 0 aliphatic heterocycles. The van der Waals surface area contributed by atoms with Gasteiger partial charge in [0.15, 0.2) is 0 Å². The first-order chi connectivity index (χ1) is 9.86. The minimum atomic E-state index is -3.68. The second-order valence-corrected chi connectivity index (χ2v) is 5.99. The Morgan fingerprint density at radius 3 is 2.10 bits per heavy atom. The fraction of sp³-hybridized carbons (Fsp3) is 0.0714. The van der Waals surface area contributed by atoms with Gasteiger partial charge in [0.2, 0.25) is 10.0 Å². The zero-order valence-electron chi connectivity index (χ0n) is 11.0. The van der Waals surface area contributed by atoms with E-state index in [0.29, 0.717) is 6.54 Å². The lowest BCUT2D eigenvalue weighted by Gasteiger charge is -2.07. The van der Waals surface area contributed by atoms with E-state index in [4.69, 9.17) is 10.2 Å². The summed E-state index contributed by atoms with van der Waals surface area (Å²) < 4.78 is 22.2. The summed E-state index contributed by atoms with van der Waals surface area (Å²) in [5.74, 6) is -0.965. The summed E-state index contributed by atoms with van der Waals surface area (Å²) in [4.78, 5) is 10.8. The quantitative estimate of drug-likeness (QED) is 0.778. The van der Waals surface area contributed by atoms with Gasteiger partial charge in [-0.3, -0.25) is 0 Å². The molecule has 0 spiro atoms. The van der Waals surface area contributed by atoms with Crippen LogP contribution in [-0.2, 0) is 16.6 Å². The maximum Gasteiger partial charge on any atom is 0.335 e. The van der Waals surface area contributed by atoms with E-state index in [9.17, 15) is 13.2 Å². The van der Waals surface area contributed by atoms with Gasteiger partial charge in [-0.1, -0.05) is 12.1 Å². The molecular formula is C14H14N2O4S. The zero-order valence-corrected chi connectivity index (χ0v) is 11.8. The van der Waals surface area contributed by atoms with Gasteiger partial charge in [0.05, 0.1) is 10.5 Å². The molecule has 0 fully saturated rings. The molecule has 2 aromatic rings. The first kappa shape index (κ1) is 15.0. The number of rotatable bonds is 5. The van der Waals surface area contributed by atoms with Crippen LogP contribution >= 0.6 is 0 Å². The SMILES string of the molecule is NS(=O)(=O)c1ccc(NCc2ccc(C(=O)O)cc2)cc1. The van der Waals surface area contributed by atoms with Crippen LogP contribution in [0.2, 0.25) is 0 Å². The molecule has 0 bridgehead atoms. The van der Waals surface area contributed by atoms with Crippen LogP contribution in [0.5, 0.6) is 0 Å². The normalized spacial score (nSPS) is 11.1. The summed E-state index contributed by atoms with van der Waals surface area (Å²) in [6.07, 6.45) is 0. The molecule has 0 amide bonds. The van der Waals surface area contributed by atoms with Crippen LogP contribution < -0.4 is 10.5 Å². The molecule has 0 unspecified atom stereocenters. The van der Waals surface area contributed by atoms with Crippen molar-refractivity contribution in [2.45, 2.75) is 11.4 Å². The van der Waals surface area contributed by atoms with Crippen molar-refractivity contribution >= 4 is 21.7 Å². The van der Waals surface area contributed by atoms with E-state index in [1.165, 1.54) is 24.3 Å². The van der Waals surface area contributed by atoms with Crippen molar-refractivity contribution in [2.24, 2.45) is 5.14 Å². The van der Waals surface area contributed by atoms with Gasteiger partial charge in [-0.2, -0.15) is 0 Å². The number of aromatic carboxylic acids is 1. The van der Waals surface area contributed by atoms with Crippen molar-refractivity contribution < 1.29 is 18.3 Å². The number of hydrogen-bond acceptors (Lipinski definition) is 4. The molecular weight excluding hydrogens is 292 g/mol. The first-order valence-electron chi connectivity index (χ1n) is 6.05. The van der Waals surface area contributed by atoms with Crippen molar-refractivity contribution in [1.29, 1.82) is 0 Å². The third-order valence-electron chi connectivity index (χ3n) is 2.88. The van der Waals surface area contributed by atoms with Crippen molar-refractivity contribution in [3.05, 3.63) is 59.7 Å². The topological polar surface area (TPSA) is 109 Å². The molecule has 21 heavy (non-hydrogen) atoms. The van der Waals surface area contributed by atoms with E-state index in [-0.39, 0.29) is 10.5 Å². The zero-order chi connectivity index (χ0) is 15.5. The van der Waals surface area contributed by atoms with E-state index >= 15 is 0 Å². The fourth-order valence-corrected chi connectivity index (χ4v) is 2.25. The van der Waals surface area contributed by atoms with Gasteiger partial charge in [0.1, 0.15) is 0 Å². The summed E-state index contributed by atoms with van der Waals surface area (Å²) in [6.45, 7) is 0.495. The Labute approximate surface area is 122 Å². The molecule has 2 aromatic carbocycles. The summed E-state index contributed by atoms with van der Waals surface area (Å²) in [6, 6.07) is 12.6. The first-order valence-corrected chi connectivity index (χ1v) is 7.60. The maximum absolute atomic E-state index is 11.1. The van der Waals surface area contributed by atoms with Gasteiger partial charge in [-0.05, 0) is 42.0 Å². The molecule has 0 aliphatic rings. The molecule has 0 saturated carbocycles. The molecule has 0 saturated heterocycles. The number of carboxylic acids is 1. The smallest absolute Gasteiger partial charge is 0.335 e. The van der Waals surface area contributed by atoms with Crippen molar-refractivity contribution in [3.8, 4) is 0 Å². The lowest BCUT2D eigenvalue weighted by molar-refractivity contribution is 0.0697. The average Bonchev–Trinajstić information content (AvgIpc) is 2.45. The van der Waals surface area contributed by atoms with E-state index in [0.717, 1.165) is 11.3 Å². The minimum absolute atomic E-state index is 0.0545. The third kappa shape index (κ3) is 4.04. The Bertz CT molecular complexity index is 738. The minimum Gasteiger partial charge on any atom is -0.478 e. The van der Waals surface area contributed by atoms with E-state index < -0.39 is 16.0 Å². The Kier molecular flexibility index (Phi) is 4.25. The second-order valence-electron chi connectivity index (χ2n) is 4.43. The number of sulfonamides is 1. The predicted octanol–water partition coefficient (Wildman–Crippen LogP) is 1.64. The van der Waals surface area contributed by atoms with E-state index in [1.807, 2.05) is 0 Å². The number of primary sulfonamides is 1. The van der Waals surface area contributed by atoms with Crippen molar-refractivity contribution in [2.75, 3.05) is 5.32 Å². The van der Waals surface area contributed by atoms with Gasteiger partial charge in [-0.15, -0.1) is 0 Å². The fourth-order valence-electron chi connectivity index (χ4n) is 1.73. The molecule has 0 atom stereocenters. The average molecular weight is 306 g/mol. The molecule has 4 N–H and O–H groups in total. The lowest BCUT2D eigenvalue weighted by atomic mass is 10.1. The van der Waals surface area contributed by atoms with Gasteiger partial charge in [0.25, 0.3) is 0 Å². The number of anilines is 1. The van der Waals surface area contributed by atoms with Gasteiger partial charge >= 0.3 is 5.97 Å². The Morgan fingerprint density at radius 1 is 1.05 bits per heavy atom. The van der Waals surface area contributed by atoms with Gasteiger partial charge in [0, 0.05) is 12.2 Å². The highest BCUT2D eigenvalue weighted by Crippen LogP contribution is 2.14. The number of nitrogens with one attached hydrogen (secondary N) is 1. The third-order valence-corrected chi connectivity index (χ3v) is 3.81. The van der Waals surface area contributed by atoms with E-state index in [2.05, 4.69) is 5.32 Å². The summed E-state index contributed by atoms with van der Waals surface area (Å²) in [7, 11) is -3.68. The number of carboxylic acid groups (broad SMARTS) is 1. The van der Waals surface area contributed by atoms with Crippen molar-refractivity contribution in [3.63, 3.8) is 0 Å². The molecule has 0 radical (unpaired) electrons. The van der Waals surface area contributed by atoms with Crippen LogP contribution in [0.4, 0.5) is 5.69 Å².